The second kappa shape index (κ2) is 6.29. The van der Waals surface area contributed by atoms with Crippen LogP contribution < -0.4 is 0 Å². The number of rotatable bonds is 1. The van der Waals surface area contributed by atoms with E-state index in [4.69, 9.17) is 0 Å². The van der Waals surface area contributed by atoms with E-state index in [0.717, 1.165) is 5.56 Å². The summed E-state index contributed by atoms with van der Waals surface area (Å²) in [6, 6.07) is 9.60. The minimum absolute atomic E-state index is 0.680. The molecule has 1 heteroatoms. The van der Waals surface area contributed by atoms with E-state index in [2.05, 4.69) is 23.7 Å². The number of carbonyl (C=O) groups is 1. The molecule has 0 saturated carbocycles. The molecule has 14 heavy (non-hydrogen) atoms. The van der Waals surface area contributed by atoms with Crippen LogP contribution in [0.3, 0.4) is 0 Å². The lowest BCUT2D eigenvalue weighted by molar-refractivity contribution is -0.104. The standard InChI is InChI=1S/C13H8O/c14-12-8-3-1-2-5-9-13-10-6-4-7-11-13/h3-4,6-8,10-12H. The molecule has 0 unspecified atom stereocenters. The van der Waals surface area contributed by atoms with Crippen LogP contribution in [0.1, 0.15) is 5.56 Å². The average molecular weight is 180 g/mol. The molecule has 0 radical (unpaired) electrons. The van der Waals surface area contributed by atoms with Gasteiger partial charge in [-0.1, -0.05) is 30.0 Å². The second-order valence-corrected chi connectivity index (χ2v) is 2.38. The Bertz CT molecular complexity index is 433. The van der Waals surface area contributed by atoms with Crippen molar-refractivity contribution in [2.24, 2.45) is 0 Å². The molecule has 0 fully saturated rings. The molecule has 1 aromatic carbocycles. The lowest BCUT2D eigenvalue weighted by Gasteiger charge is -1.83. The second-order valence-electron chi connectivity index (χ2n) is 2.38. The van der Waals surface area contributed by atoms with Crippen LogP contribution in [0.15, 0.2) is 42.5 Å². The van der Waals surface area contributed by atoms with Gasteiger partial charge in [0.05, 0.1) is 0 Å². The highest BCUT2D eigenvalue weighted by Crippen LogP contribution is 1.93. The molecule has 1 rings (SSSR count). The van der Waals surface area contributed by atoms with E-state index >= 15 is 0 Å². The highest BCUT2D eigenvalue weighted by Gasteiger charge is 1.78. The average Bonchev–Trinajstić information content (AvgIpc) is 2.25. The van der Waals surface area contributed by atoms with Crippen molar-refractivity contribution in [2.75, 3.05) is 0 Å². The van der Waals surface area contributed by atoms with E-state index in [-0.39, 0.29) is 0 Å². The van der Waals surface area contributed by atoms with Crippen LogP contribution in [0.2, 0.25) is 0 Å². The van der Waals surface area contributed by atoms with Crippen molar-refractivity contribution in [2.45, 2.75) is 0 Å². The minimum Gasteiger partial charge on any atom is -0.299 e. The van der Waals surface area contributed by atoms with Gasteiger partial charge >= 0.3 is 0 Å². The summed E-state index contributed by atoms with van der Waals surface area (Å²) < 4.78 is 0. The third-order valence-corrected chi connectivity index (χ3v) is 1.37. The first-order valence-electron chi connectivity index (χ1n) is 4.10. The Labute approximate surface area is 83.5 Å². The lowest BCUT2D eigenvalue weighted by atomic mass is 10.2. The molecular weight excluding hydrogens is 172 g/mol. The Morgan fingerprint density at radius 1 is 1.07 bits per heavy atom. The molecule has 0 heterocycles. The molecule has 0 saturated heterocycles. The van der Waals surface area contributed by atoms with Gasteiger partial charge in [0.2, 0.25) is 0 Å². The zero-order valence-electron chi connectivity index (χ0n) is 7.53. The highest BCUT2D eigenvalue weighted by molar-refractivity contribution is 5.65. The van der Waals surface area contributed by atoms with Gasteiger partial charge in [-0.25, -0.2) is 0 Å². The van der Waals surface area contributed by atoms with Crippen LogP contribution in [0.25, 0.3) is 0 Å². The van der Waals surface area contributed by atoms with Crippen molar-refractivity contribution in [1.29, 1.82) is 0 Å². The van der Waals surface area contributed by atoms with Gasteiger partial charge in [-0.15, -0.1) is 0 Å². The monoisotopic (exact) mass is 180 g/mol. The first-order chi connectivity index (χ1) is 6.93. The Balaban J connectivity index is 2.60. The molecule has 1 aromatic rings. The smallest absolute Gasteiger partial charge is 0.143 e. The van der Waals surface area contributed by atoms with Crippen LogP contribution >= 0.6 is 0 Å². The van der Waals surface area contributed by atoms with Crippen LogP contribution in [0, 0.1) is 23.7 Å². The summed E-state index contributed by atoms with van der Waals surface area (Å²) in [6.45, 7) is 0. The SMILES string of the molecule is O=CC=CC#CC#Cc1ccccc1. The molecule has 0 atom stereocenters. The zero-order valence-corrected chi connectivity index (χ0v) is 7.53. The fraction of sp³-hybridized carbons (Fsp3) is 0. The molecule has 0 amide bonds. The van der Waals surface area contributed by atoms with Gasteiger partial charge in [-0.2, -0.15) is 0 Å². The van der Waals surface area contributed by atoms with Crippen LogP contribution in [-0.2, 0) is 4.79 Å². The number of hydrogen-bond donors (Lipinski definition) is 0. The van der Waals surface area contributed by atoms with Crippen LogP contribution in [-0.4, -0.2) is 6.29 Å². The lowest BCUT2D eigenvalue weighted by Crippen LogP contribution is -1.68. The number of hydrogen-bond acceptors (Lipinski definition) is 1. The van der Waals surface area contributed by atoms with Crippen molar-refractivity contribution in [1.82, 2.24) is 0 Å². The summed E-state index contributed by atoms with van der Waals surface area (Å²) >= 11 is 0. The third-order valence-electron chi connectivity index (χ3n) is 1.37. The maximum absolute atomic E-state index is 9.87. The summed E-state index contributed by atoms with van der Waals surface area (Å²) in [4.78, 5) is 9.87. The van der Waals surface area contributed by atoms with Gasteiger partial charge in [0, 0.05) is 5.56 Å². The van der Waals surface area contributed by atoms with E-state index in [0.29, 0.717) is 6.29 Å². The molecule has 0 N–H and O–H groups in total. The molecule has 0 aliphatic heterocycles. The van der Waals surface area contributed by atoms with Crippen LogP contribution in [0.5, 0.6) is 0 Å². The van der Waals surface area contributed by atoms with E-state index < -0.39 is 0 Å². The number of carbonyl (C=O) groups excluding carboxylic acids is 1. The molecule has 66 valence electrons. The Hall–Kier alpha value is -2.25. The third kappa shape index (κ3) is 3.95. The molecule has 0 spiro atoms. The molecule has 0 bridgehead atoms. The highest BCUT2D eigenvalue weighted by atomic mass is 16.1. The minimum atomic E-state index is 0.680. The summed E-state index contributed by atoms with van der Waals surface area (Å²) in [6.07, 6.45) is 3.48. The summed E-state index contributed by atoms with van der Waals surface area (Å²) in [5.74, 6) is 10.8. The maximum atomic E-state index is 9.87. The topological polar surface area (TPSA) is 17.1 Å². The number of benzene rings is 1. The number of allylic oxidation sites excluding steroid dienone is 2. The van der Waals surface area contributed by atoms with Crippen molar-refractivity contribution in [3.05, 3.63) is 48.0 Å². The Morgan fingerprint density at radius 2 is 1.86 bits per heavy atom. The van der Waals surface area contributed by atoms with Gasteiger partial charge in [-0.05, 0) is 36.1 Å². The Morgan fingerprint density at radius 3 is 2.57 bits per heavy atom. The molecule has 0 aliphatic rings. The normalized spacial score (nSPS) is 8.29. The van der Waals surface area contributed by atoms with E-state index in [9.17, 15) is 4.79 Å². The number of aldehydes is 1. The summed E-state index contributed by atoms with van der Waals surface area (Å²) in [7, 11) is 0. The molecule has 0 aromatic heterocycles. The summed E-state index contributed by atoms with van der Waals surface area (Å²) in [5.41, 5.74) is 0.932. The molecular formula is C13H8O. The van der Waals surface area contributed by atoms with Gasteiger partial charge < -0.3 is 0 Å². The fourth-order valence-electron chi connectivity index (χ4n) is 0.790. The zero-order chi connectivity index (χ0) is 10.1. The fourth-order valence-corrected chi connectivity index (χ4v) is 0.790. The van der Waals surface area contributed by atoms with Crippen LogP contribution in [0.4, 0.5) is 0 Å². The van der Waals surface area contributed by atoms with Crippen molar-refractivity contribution in [3.63, 3.8) is 0 Å². The first kappa shape index (κ1) is 9.84. The largest absolute Gasteiger partial charge is 0.299 e. The van der Waals surface area contributed by atoms with Gasteiger partial charge in [-0.3, -0.25) is 4.79 Å². The van der Waals surface area contributed by atoms with E-state index in [1.807, 2.05) is 30.3 Å². The maximum Gasteiger partial charge on any atom is 0.143 e. The van der Waals surface area contributed by atoms with Crippen molar-refractivity contribution in [3.8, 4) is 23.7 Å². The molecule has 1 nitrogen and oxygen atoms in total. The van der Waals surface area contributed by atoms with Gasteiger partial charge in [0.25, 0.3) is 0 Å². The van der Waals surface area contributed by atoms with Crippen molar-refractivity contribution < 1.29 is 4.79 Å². The van der Waals surface area contributed by atoms with Gasteiger partial charge in [0.1, 0.15) is 6.29 Å². The quantitative estimate of drug-likeness (QED) is 0.366. The first-order valence-corrected chi connectivity index (χ1v) is 4.10. The predicted octanol–water partition coefficient (Wildman–Crippen LogP) is 1.80. The van der Waals surface area contributed by atoms with Gasteiger partial charge in [0.15, 0.2) is 0 Å². The predicted molar refractivity (Wildman–Crippen MR) is 56.3 cm³/mol. The van der Waals surface area contributed by atoms with E-state index in [1.54, 1.807) is 0 Å². The summed E-state index contributed by atoms with van der Waals surface area (Å²) in [5, 5.41) is 0. The Kier molecular flexibility index (Phi) is 4.42. The van der Waals surface area contributed by atoms with E-state index in [1.165, 1.54) is 12.2 Å². The molecule has 0 aliphatic carbocycles. The van der Waals surface area contributed by atoms with Crippen molar-refractivity contribution >= 4 is 6.29 Å².